The molecule has 1 saturated heterocycles. The van der Waals surface area contributed by atoms with E-state index >= 15 is 0 Å². The first-order valence-corrected chi connectivity index (χ1v) is 14.1. The van der Waals surface area contributed by atoms with Crippen LogP contribution in [-0.4, -0.2) is 45.7 Å². The molecule has 0 bridgehead atoms. The van der Waals surface area contributed by atoms with E-state index in [-0.39, 0.29) is 41.0 Å². The average Bonchev–Trinajstić information content (AvgIpc) is 3.40. The van der Waals surface area contributed by atoms with Gasteiger partial charge in [-0.15, -0.1) is 0 Å². The van der Waals surface area contributed by atoms with Crippen molar-refractivity contribution < 1.29 is 24.9 Å². The molecule has 5 heteroatoms. The van der Waals surface area contributed by atoms with Crippen molar-refractivity contribution in [3.05, 3.63) is 0 Å². The van der Waals surface area contributed by atoms with Gasteiger partial charge in [0.2, 0.25) is 0 Å². The van der Waals surface area contributed by atoms with Gasteiger partial charge >= 0.3 is 5.97 Å². The predicted octanol–water partition coefficient (Wildman–Crippen LogP) is 5.03. The molecule has 5 unspecified atom stereocenters. The summed E-state index contributed by atoms with van der Waals surface area (Å²) in [6.45, 7) is 11.8. The van der Waals surface area contributed by atoms with E-state index in [0.717, 1.165) is 32.1 Å². The molecule has 1 heterocycles. The van der Waals surface area contributed by atoms with Crippen molar-refractivity contribution in [2.24, 2.45) is 50.7 Å². The van der Waals surface area contributed by atoms with E-state index in [2.05, 4.69) is 34.6 Å². The summed E-state index contributed by atoms with van der Waals surface area (Å²) in [5, 5.41) is 32.1. The van der Waals surface area contributed by atoms with Crippen LogP contribution in [0.1, 0.15) is 98.8 Å². The highest BCUT2D eigenvalue weighted by molar-refractivity contribution is 5.66. The number of carbonyl (C=O) groups is 1. The van der Waals surface area contributed by atoms with Crippen molar-refractivity contribution in [3.8, 4) is 0 Å². The molecule has 34 heavy (non-hydrogen) atoms. The first kappa shape index (κ1) is 23.7. The Morgan fingerprint density at radius 2 is 1.65 bits per heavy atom. The number of hydrogen-bond acceptors (Lipinski definition) is 4. The van der Waals surface area contributed by atoms with Crippen LogP contribution >= 0.6 is 0 Å². The van der Waals surface area contributed by atoms with Crippen LogP contribution in [0.2, 0.25) is 0 Å². The number of hydrogen-bond donors (Lipinski definition) is 3. The number of fused-ring (bicyclic) bond motifs is 4. The zero-order chi connectivity index (χ0) is 24.5. The van der Waals surface area contributed by atoms with Gasteiger partial charge in [0.1, 0.15) is 0 Å². The van der Waals surface area contributed by atoms with Crippen LogP contribution in [0.25, 0.3) is 0 Å². The normalized spacial score (nSPS) is 59.1. The minimum absolute atomic E-state index is 0.0222. The average molecular weight is 475 g/mol. The number of aliphatic hydroxyl groups is 2. The molecule has 5 nitrogen and oxygen atoms in total. The third-order valence-corrected chi connectivity index (χ3v) is 13.5. The van der Waals surface area contributed by atoms with Crippen LogP contribution in [0.3, 0.4) is 0 Å². The van der Waals surface area contributed by atoms with E-state index < -0.39 is 12.1 Å². The Bertz CT molecular complexity index is 886. The topological polar surface area (TPSA) is 87.0 Å². The number of carboxylic acid groups (broad SMARTS) is 1. The third-order valence-electron chi connectivity index (χ3n) is 13.5. The van der Waals surface area contributed by atoms with Gasteiger partial charge in [0.05, 0.1) is 24.4 Å². The van der Waals surface area contributed by atoms with Crippen LogP contribution in [0, 0.1) is 50.7 Å². The number of rotatable bonds is 3. The van der Waals surface area contributed by atoms with Gasteiger partial charge in [-0.3, -0.25) is 4.79 Å². The summed E-state index contributed by atoms with van der Waals surface area (Å²) in [5.74, 6) is 1.10. The van der Waals surface area contributed by atoms with Gasteiger partial charge in [0.25, 0.3) is 0 Å². The second-order valence-corrected chi connectivity index (χ2v) is 14.6. The lowest BCUT2D eigenvalue weighted by atomic mass is 9.41. The smallest absolute Gasteiger partial charge is 0.303 e. The number of aliphatic hydroxyl groups excluding tert-OH is 2. The summed E-state index contributed by atoms with van der Waals surface area (Å²) < 4.78 is 6.60. The lowest BCUT2D eigenvalue weighted by Crippen LogP contribution is -2.59. The molecule has 5 saturated carbocycles. The molecule has 0 amide bonds. The first-order chi connectivity index (χ1) is 15.8. The number of ether oxygens (including phenoxy) is 1. The van der Waals surface area contributed by atoms with E-state index in [1.54, 1.807) is 0 Å². The van der Waals surface area contributed by atoms with Crippen molar-refractivity contribution in [2.75, 3.05) is 0 Å². The lowest BCUT2D eigenvalue weighted by molar-refractivity contribution is -0.182. The Morgan fingerprint density at radius 3 is 2.35 bits per heavy atom. The Balaban J connectivity index is 1.34. The van der Waals surface area contributed by atoms with Crippen LogP contribution in [0.4, 0.5) is 0 Å². The maximum atomic E-state index is 12.1. The van der Waals surface area contributed by atoms with Gasteiger partial charge in [-0.25, -0.2) is 0 Å². The van der Waals surface area contributed by atoms with Crippen molar-refractivity contribution in [1.29, 1.82) is 0 Å². The molecule has 0 aromatic carbocycles. The van der Waals surface area contributed by atoms with Crippen LogP contribution in [-0.2, 0) is 9.53 Å². The summed E-state index contributed by atoms with van der Waals surface area (Å²) in [4.78, 5) is 11.2. The number of carboxylic acids is 1. The SMILES string of the molecule is C[C@@H]1CC(CCC(=O)O)OC2C1[C@@]1(C)CCC34C[C@@]35CC[C@H](O)C(C)(C)[C@@H]5CC[C@H]4C1(C)[C@H]2O. The molecule has 0 aromatic heterocycles. The molecule has 6 fully saturated rings. The van der Waals surface area contributed by atoms with Crippen molar-refractivity contribution in [1.82, 2.24) is 0 Å². The fourth-order valence-electron chi connectivity index (χ4n) is 11.9. The zero-order valence-corrected chi connectivity index (χ0v) is 21.8. The van der Waals surface area contributed by atoms with E-state index in [4.69, 9.17) is 4.74 Å². The molecule has 12 atom stereocenters. The Labute approximate surface area is 205 Å². The Morgan fingerprint density at radius 1 is 0.971 bits per heavy atom. The minimum Gasteiger partial charge on any atom is -0.481 e. The largest absolute Gasteiger partial charge is 0.481 e. The highest BCUT2D eigenvalue weighted by Gasteiger charge is 2.84. The Hall–Kier alpha value is -0.650. The maximum Gasteiger partial charge on any atom is 0.303 e. The minimum atomic E-state index is -0.767. The molecule has 3 N–H and O–H groups in total. The molecule has 6 aliphatic rings. The molecule has 0 radical (unpaired) electrons. The quantitative estimate of drug-likeness (QED) is 0.534. The van der Waals surface area contributed by atoms with Gasteiger partial charge in [-0.05, 0) is 103 Å². The number of aliphatic carboxylic acids is 1. The van der Waals surface area contributed by atoms with Crippen LogP contribution < -0.4 is 0 Å². The standard InChI is InChI=1S/C29H46O5/c1-16-14-17(6-9-21(31)32)34-23-22(16)26(4)12-13-29-15-28(29)11-10-20(30)25(2,3)18(28)7-8-19(29)27(26,5)24(23)33/h16-20,22-24,30,33H,6-15H2,1-5H3,(H,31,32)/t16-,17?,18+,19+,20+,22?,23?,24+,26-,27?,28-,29?/m1/s1. The monoisotopic (exact) mass is 474 g/mol. The second-order valence-electron chi connectivity index (χ2n) is 14.6. The van der Waals surface area contributed by atoms with Gasteiger partial charge in [0, 0.05) is 11.8 Å². The first-order valence-electron chi connectivity index (χ1n) is 14.1. The van der Waals surface area contributed by atoms with Gasteiger partial charge in [-0.1, -0.05) is 34.6 Å². The highest BCUT2D eigenvalue weighted by Crippen LogP contribution is 2.89. The highest BCUT2D eigenvalue weighted by atomic mass is 16.5. The van der Waals surface area contributed by atoms with Gasteiger partial charge in [-0.2, -0.15) is 0 Å². The molecule has 5 aliphatic carbocycles. The maximum absolute atomic E-state index is 12.1. The molecule has 0 aromatic rings. The third kappa shape index (κ3) is 2.55. The summed E-state index contributed by atoms with van der Waals surface area (Å²) in [6.07, 6.45) is 8.76. The fourth-order valence-corrected chi connectivity index (χ4v) is 11.9. The summed E-state index contributed by atoms with van der Waals surface area (Å²) in [6, 6.07) is 0. The van der Waals surface area contributed by atoms with Crippen molar-refractivity contribution in [3.63, 3.8) is 0 Å². The second kappa shape index (κ2) is 7.01. The predicted molar refractivity (Wildman–Crippen MR) is 129 cm³/mol. The Kier molecular flexibility index (Phi) is 4.89. The van der Waals surface area contributed by atoms with E-state index in [0.29, 0.717) is 40.9 Å². The van der Waals surface area contributed by atoms with E-state index in [9.17, 15) is 20.1 Å². The summed E-state index contributed by atoms with van der Waals surface area (Å²) >= 11 is 0. The van der Waals surface area contributed by atoms with Crippen LogP contribution in [0.5, 0.6) is 0 Å². The van der Waals surface area contributed by atoms with Crippen LogP contribution in [0.15, 0.2) is 0 Å². The zero-order valence-electron chi connectivity index (χ0n) is 21.8. The fraction of sp³-hybridized carbons (Fsp3) is 0.966. The van der Waals surface area contributed by atoms with Crippen molar-refractivity contribution >= 4 is 5.97 Å². The summed E-state index contributed by atoms with van der Waals surface area (Å²) in [5.41, 5.74) is 0.524. The molecular weight excluding hydrogens is 428 g/mol. The molecule has 2 spiro atoms. The molecule has 6 rings (SSSR count). The molecule has 192 valence electrons. The lowest BCUT2D eigenvalue weighted by Gasteiger charge is -2.63. The molecule has 1 aliphatic heterocycles. The van der Waals surface area contributed by atoms with E-state index in [1.165, 1.54) is 19.3 Å². The summed E-state index contributed by atoms with van der Waals surface area (Å²) in [7, 11) is 0. The van der Waals surface area contributed by atoms with Gasteiger partial charge < -0.3 is 20.1 Å². The van der Waals surface area contributed by atoms with Gasteiger partial charge in [0.15, 0.2) is 0 Å². The van der Waals surface area contributed by atoms with Crippen molar-refractivity contribution in [2.45, 2.75) is 123 Å². The molecular formula is C29H46O5. The van der Waals surface area contributed by atoms with E-state index in [1.807, 2.05) is 0 Å².